The number of benzene rings is 2. The van der Waals surface area contributed by atoms with Crippen LogP contribution in [0.3, 0.4) is 0 Å². The molecular formula is C21H20N4O3. The minimum Gasteiger partial charge on any atom is -0.462 e. The second-order valence-electron chi connectivity index (χ2n) is 5.92. The third-order valence-corrected chi connectivity index (χ3v) is 4.00. The van der Waals surface area contributed by atoms with Crippen molar-refractivity contribution in [2.75, 3.05) is 23.9 Å². The number of esters is 1. The number of hydrogen-bond donors (Lipinski definition) is 1. The summed E-state index contributed by atoms with van der Waals surface area (Å²) >= 11 is 0. The first kappa shape index (κ1) is 19.0. The van der Waals surface area contributed by atoms with Crippen LogP contribution in [0.2, 0.25) is 0 Å². The summed E-state index contributed by atoms with van der Waals surface area (Å²) in [5, 5.41) is 2.75. The fourth-order valence-electron chi connectivity index (χ4n) is 2.49. The molecule has 0 spiro atoms. The first-order valence-electron chi connectivity index (χ1n) is 8.78. The van der Waals surface area contributed by atoms with Gasteiger partial charge in [0.15, 0.2) is 0 Å². The summed E-state index contributed by atoms with van der Waals surface area (Å²) in [6.45, 7) is 2.06. The van der Waals surface area contributed by atoms with Crippen LogP contribution in [0.15, 0.2) is 67.0 Å². The van der Waals surface area contributed by atoms with Crippen molar-refractivity contribution in [3.63, 3.8) is 0 Å². The van der Waals surface area contributed by atoms with Gasteiger partial charge in [-0.25, -0.2) is 14.8 Å². The number of para-hydroxylation sites is 1. The quantitative estimate of drug-likeness (QED) is 0.661. The maximum absolute atomic E-state index is 12.4. The lowest BCUT2D eigenvalue weighted by molar-refractivity contribution is 0.0526. The van der Waals surface area contributed by atoms with Crippen molar-refractivity contribution >= 4 is 29.2 Å². The second kappa shape index (κ2) is 8.77. The summed E-state index contributed by atoms with van der Waals surface area (Å²) in [6, 6.07) is 16.2. The summed E-state index contributed by atoms with van der Waals surface area (Å²) < 4.78 is 4.93. The Morgan fingerprint density at radius 3 is 2.21 bits per heavy atom. The van der Waals surface area contributed by atoms with Gasteiger partial charge in [-0.05, 0) is 43.3 Å². The predicted molar refractivity (Wildman–Crippen MR) is 107 cm³/mol. The van der Waals surface area contributed by atoms with Gasteiger partial charge in [0.1, 0.15) is 0 Å². The molecule has 0 radical (unpaired) electrons. The van der Waals surface area contributed by atoms with Crippen LogP contribution in [0.25, 0.3) is 0 Å². The Morgan fingerprint density at radius 1 is 0.964 bits per heavy atom. The number of amides is 1. The zero-order valence-electron chi connectivity index (χ0n) is 15.6. The van der Waals surface area contributed by atoms with Crippen LogP contribution in [0.1, 0.15) is 27.6 Å². The van der Waals surface area contributed by atoms with Crippen LogP contribution in [0, 0.1) is 0 Å². The Labute approximate surface area is 163 Å². The van der Waals surface area contributed by atoms with E-state index in [-0.39, 0.29) is 5.91 Å². The molecule has 0 aliphatic carbocycles. The van der Waals surface area contributed by atoms with E-state index in [4.69, 9.17) is 4.74 Å². The number of nitrogens with one attached hydrogen (secondary N) is 1. The van der Waals surface area contributed by atoms with E-state index >= 15 is 0 Å². The van der Waals surface area contributed by atoms with Gasteiger partial charge in [0.25, 0.3) is 5.91 Å². The molecule has 1 heterocycles. The second-order valence-corrected chi connectivity index (χ2v) is 5.92. The molecular weight excluding hydrogens is 356 g/mol. The van der Waals surface area contributed by atoms with Crippen LogP contribution < -0.4 is 10.2 Å². The molecule has 1 N–H and O–H groups in total. The summed E-state index contributed by atoms with van der Waals surface area (Å²) in [7, 11) is 1.86. The van der Waals surface area contributed by atoms with Crippen molar-refractivity contribution in [1.29, 1.82) is 0 Å². The summed E-state index contributed by atoms with van der Waals surface area (Å²) in [5.74, 6) is -0.244. The van der Waals surface area contributed by atoms with Gasteiger partial charge in [0, 0.05) is 30.8 Å². The molecule has 1 aromatic heterocycles. The van der Waals surface area contributed by atoms with Gasteiger partial charge in [-0.1, -0.05) is 18.2 Å². The molecule has 142 valence electrons. The van der Waals surface area contributed by atoms with E-state index in [0.717, 1.165) is 5.69 Å². The third-order valence-electron chi connectivity index (χ3n) is 4.00. The van der Waals surface area contributed by atoms with Gasteiger partial charge in [-0.15, -0.1) is 0 Å². The summed E-state index contributed by atoms with van der Waals surface area (Å²) in [5.41, 5.74) is 2.26. The highest BCUT2D eigenvalue weighted by molar-refractivity contribution is 6.04. The monoisotopic (exact) mass is 376 g/mol. The van der Waals surface area contributed by atoms with E-state index in [1.807, 2.05) is 42.3 Å². The van der Waals surface area contributed by atoms with E-state index < -0.39 is 5.97 Å². The number of ether oxygens (including phenoxy) is 1. The zero-order valence-corrected chi connectivity index (χ0v) is 15.6. The van der Waals surface area contributed by atoms with Gasteiger partial charge in [-0.3, -0.25) is 4.79 Å². The van der Waals surface area contributed by atoms with Crippen LogP contribution >= 0.6 is 0 Å². The minimum absolute atomic E-state index is 0.312. The highest BCUT2D eigenvalue weighted by Crippen LogP contribution is 2.19. The molecule has 0 aliphatic rings. The normalized spacial score (nSPS) is 10.2. The van der Waals surface area contributed by atoms with E-state index in [0.29, 0.717) is 29.4 Å². The molecule has 0 saturated heterocycles. The number of nitrogens with zero attached hydrogens (tertiary/aromatic N) is 3. The van der Waals surface area contributed by atoms with Gasteiger partial charge in [-0.2, -0.15) is 0 Å². The standard InChI is InChI=1S/C21H20N4O3/c1-3-28-20(27)15-9-11-17(12-10-15)24-19(26)16-13-22-21(23-14-16)25(2)18-7-5-4-6-8-18/h4-14H,3H2,1-2H3,(H,24,26). The highest BCUT2D eigenvalue weighted by Gasteiger charge is 2.11. The third kappa shape index (κ3) is 4.50. The molecule has 7 nitrogen and oxygen atoms in total. The maximum atomic E-state index is 12.4. The number of aromatic nitrogens is 2. The molecule has 0 saturated carbocycles. The van der Waals surface area contributed by atoms with Gasteiger partial charge in [0.2, 0.25) is 5.95 Å². The van der Waals surface area contributed by atoms with Crippen molar-refractivity contribution in [2.45, 2.75) is 6.92 Å². The van der Waals surface area contributed by atoms with E-state index in [1.54, 1.807) is 31.2 Å². The average molecular weight is 376 g/mol. The lowest BCUT2D eigenvalue weighted by atomic mass is 10.2. The Balaban J connectivity index is 1.65. The minimum atomic E-state index is -0.396. The molecule has 0 fully saturated rings. The van der Waals surface area contributed by atoms with E-state index in [1.165, 1.54) is 12.4 Å². The first-order chi connectivity index (χ1) is 13.6. The number of anilines is 3. The smallest absolute Gasteiger partial charge is 0.338 e. The summed E-state index contributed by atoms with van der Waals surface area (Å²) in [4.78, 5) is 34.4. The van der Waals surface area contributed by atoms with Crippen LogP contribution in [0.4, 0.5) is 17.3 Å². The number of rotatable bonds is 6. The Bertz CT molecular complexity index is 942. The maximum Gasteiger partial charge on any atom is 0.338 e. The van der Waals surface area contributed by atoms with E-state index in [9.17, 15) is 9.59 Å². The largest absolute Gasteiger partial charge is 0.462 e. The summed E-state index contributed by atoms with van der Waals surface area (Å²) in [6.07, 6.45) is 2.95. The fraction of sp³-hybridized carbons (Fsp3) is 0.143. The molecule has 2 aromatic carbocycles. The highest BCUT2D eigenvalue weighted by atomic mass is 16.5. The molecule has 3 aromatic rings. The van der Waals surface area contributed by atoms with Crippen LogP contribution in [-0.2, 0) is 4.74 Å². The number of hydrogen-bond acceptors (Lipinski definition) is 6. The van der Waals surface area contributed by atoms with Crippen molar-refractivity contribution in [3.8, 4) is 0 Å². The van der Waals surface area contributed by atoms with Crippen molar-refractivity contribution in [1.82, 2.24) is 9.97 Å². The molecule has 28 heavy (non-hydrogen) atoms. The van der Waals surface area contributed by atoms with Crippen LogP contribution in [0.5, 0.6) is 0 Å². The van der Waals surface area contributed by atoms with E-state index in [2.05, 4.69) is 15.3 Å². The topological polar surface area (TPSA) is 84.4 Å². The molecule has 0 atom stereocenters. The lowest BCUT2D eigenvalue weighted by Gasteiger charge is -2.16. The number of carbonyl (C=O) groups excluding carboxylic acids is 2. The Hall–Kier alpha value is -3.74. The van der Waals surface area contributed by atoms with Gasteiger partial charge >= 0.3 is 5.97 Å². The molecule has 3 rings (SSSR count). The van der Waals surface area contributed by atoms with Crippen LogP contribution in [-0.4, -0.2) is 35.5 Å². The fourth-order valence-corrected chi connectivity index (χ4v) is 2.49. The van der Waals surface area contributed by atoms with Crippen molar-refractivity contribution < 1.29 is 14.3 Å². The lowest BCUT2D eigenvalue weighted by Crippen LogP contribution is -2.16. The Kier molecular flexibility index (Phi) is 5.96. The SMILES string of the molecule is CCOC(=O)c1ccc(NC(=O)c2cnc(N(C)c3ccccc3)nc2)cc1. The van der Waals surface area contributed by atoms with Crippen molar-refractivity contribution in [3.05, 3.63) is 78.1 Å². The van der Waals surface area contributed by atoms with Crippen molar-refractivity contribution in [2.24, 2.45) is 0 Å². The molecule has 0 unspecified atom stereocenters. The number of carbonyl (C=O) groups is 2. The molecule has 0 bridgehead atoms. The molecule has 1 amide bonds. The van der Waals surface area contributed by atoms with Gasteiger partial charge in [0.05, 0.1) is 17.7 Å². The first-order valence-corrected chi connectivity index (χ1v) is 8.78. The van der Waals surface area contributed by atoms with Gasteiger partial charge < -0.3 is 15.0 Å². The Morgan fingerprint density at radius 2 is 1.61 bits per heavy atom. The molecule has 0 aliphatic heterocycles. The molecule has 7 heteroatoms. The predicted octanol–water partition coefficient (Wildman–Crippen LogP) is 3.67. The zero-order chi connectivity index (χ0) is 19.9. The average Bonchev–Trinajstić information content (AvgIpc) is 2.74.